The van der Waals surface area contributed by atoms with Gasteiger partial charge in [0.2, 0.25) is 0 Å². The second-order valence-corrected chi connectivity index (χ2v) is 5.74. The van der Waals surface area contributed by atoms with Gasteiger partial charge >= 0.3 is 0 Å². The standard InChI is InChI=1S/C15H18BrN3O/c1-3-4-19-9-12(17)8-14(19)15(20)18-13-6-10(2)5-11(16)7-13/h5-9H,3-4,17H2,1-2H3,(H,18,20). The Hall–Kier alpha value is -1.75. The van der Waals surface area contributed by atoms with Crippen LogP contribution in [0.1, 0.15) is 29.4 Å². The largest absolute Gasteiger partial charge is 0.397 e. The van der Waals surface area contributed by atoms with E-state index in [-0.39, 0.29) is 5.91 Å². The third-order valence-electron chi connectivity index (χ3n) is 2.91. The minimum atomic E-state index is -0.146. The van der Waals surface area contributed by atoms with E-state index in [0.29, 0.717) is 11.4 Å². The van der Waals surface area contributed by atoms with E-state index in [2.05, 4.69) is 28.2 Å². The Labute approximate surface area is 127 Å². The molecular formula is C15H18BrN3O. The van der Waals surface area contributed by atoms with Gasteiger partial charge in [0.15, 0.2) is 0 Å². The van der Waals surface area contributed by atoms with Crippen LogP contribution in [-0.4, -0.2) is 10.5 Å². The molecule has 1 aromatic carbocycles. The Kier molecular flexibility index (Phi) is 4.49. The molecule has 20 heavy (non-hydrogen) atoms. The maximum absolute atomic E-state index is 12.3. The summed E-state index contributed by atoms with van der Waals surface area (Å²) in [6, 6.07) is 7.50. The van der Waals surface area contributed by atoms with Crippen molar-refractivity contribution in [1.29, 1.82) is 0 Å². The van der Waals surface area contributed by atoms with Crippen LogP contribution in [0.15, 0.2) is 34.9 Å². The van der Waals surface area contributed by atoms with Crippen LogP contribution in [-0.2, 0) is 6.54 Å². The first-order valence-electron chi connectivity index (χ1n) is 6.53. The number of nitrogens with zero attached hydrogens (tertiary/aromatic N) is 1. The molecule has 0 unspecified atom stereocenters. The van der Waals surface area contributed by atoms with Crippen LogP contribution >= 0.6 is 15.9 Å². The molecule has 0 aliphatic rings. The van der Waals surface area contributed by atoms with E-state index in [9.17, 15) is 4.79 Å². The summed E-state index contributed by atoms with van der Waals surface area (Å²) >= 11 is 3.43. The summed E-state index contributed by atoms with van der Waals surface area (Å²) in [6.07, 6.45) is 2.75. The quantitative estimate of drug-likeness (QED) is 0.892. The molecule has 0 aliphatic carbocycles. The molecule has 1 aromatic heterocycles. The van der Waals surface area contributed by atoms with Gasteiger partial charge in [-0.3, -0.25) is 4.79 Å². The van der Waals surface area contributed by atoms with E-state index >= 15 is 0 Å². The van der Waals surface area contributed by atoms with Crippen molar-refractivity contribution in [2.45, 2.75) is 26.8 Å². The molecule has 1 heterocycles. The van der Waals surface area contributed by atoms with E-state index in [1.54, 1.807) is 12.3 Å². The Morgan fingerprint density at radius 1 is 1.35 bits per heavy atom. The van der Waals surface area contributed by atoms with Crippen molar-refractivity contribution in [3.8, 4) is 0 Å². The number of hydrogen-bond donors (Lipinski definition) is 2. The van der Waals surface area contributed by atoms with Gasteiger partial charge < -0.3 is 15.6 Å². The first kappa shape index (κ1) is 14.7. The fourth-order valence-corrected chi connectivity index (χ4v) is 2.76. The van der Waals surface area contributed by atoms with Gasteiger partial charge in [0, 0.05) is 22.9 Å². The van der Waals surface area contributed by atoms with E-state index in [0.717, 1.165) is 28.7 Å². The highest BCUT2D eigenvalue weighted by Gasteiger charge is 2.13. The zero-order valence-corrected chi connectivity index (χ0v) is 13.2. The first-order chi connectivity index (χ1) is 9.49. The second kappa shape index (κ2) is 6.13. The molecule has 0 saturated carbocycles. The highest BCUT2D eigenvalue weighted by Crippen LogP contribution is 2.20. The molecule has 0 aliphatic heterocycles. The molecule has 4 nitrogen and oxygen atoms in total. The monoisotopic (exact) mass is 335 g/mol. The van der Waals surface area contributed by atoms with Crippen LogP contribution < -0.4 is 11.1 Å². The minimum Gasteiger partial charge on any atom is -0.397 e. The number of nitrogen functional groups attached to an aromatic ring is 1. The Balaban J connectivity index is 2.23. The van der Waals surface area contributed by atoms with E-state index in [1.807, 2.05) is 29.7 Å². The Morgan fingerprint density at radius 2 is 2.10 bits per heavy atom. The number of aryl methyl sites for hydroxylation is 2. The Morgan fingerprint density at radius 3 is 2.75 bits per heavy atom. The first-order valence-corrected chi connectivity index (χ1v) is 7.33. The van der Waals surface area contributed by atoms with Gasteiger partial charge in [0.1, 0.15) is 5.69 Å². The number of carbonyl (C=O) groups is 1. The molecule has 5 heteroatoms. The van der Waals surface area contributed by atoms with E-state index in [1.165, 1.54) is 0 Å². The summed E-state index contributed by atoms with van der Waals surface area (Å²) in [5.41, 5.74) is 8.82. The van der Waals surface area contributed by atoms with Crippen LogP contribution in [0.2, 0.25) is 0 Å². The summed E-state index contributed by atoms with van der Waals surface area (Å²) in [5, 5.41) is 2.91. The SMILES string of the molecule is CCCn1cc(N)cc1C(=O)Nc1cc(C)cc(Br)c1. The van der Waals surface area contributed by atoms with E-state index in [4.69, 9.17) is 5.73 Å². The van der Waals surface area contributed by atoms with Crippen LogP contribution in [0.3, 0.4) is 0 Å². The fraction of sp³-hybridized carbons (Fsp3) is 0.267. The number of amides is 1. The molecule has 2 aromatic rings. The van der Waals surface area contributed by atoms with E-state index < -0.39 is 0 Å². The van der Waals surface area contributed by atoms with Gasteiger partial charge in [-0.05, 0) is 43.2 Å². The highest BCUT2D eigenvalue weighted by molar-refractivity contribution is 9.10. The second-order valence-electron chi connectivity index (χ2n) is 4.82. The summed E-state index contributed by atoms with van der Waals surface area (Å²) in [7, 11) is 0. The fourth-order valence-electron chi connectivity index (χ4n) is 2.15. The summed E-state index contributed by atoms with van der Waals surface area (Å²) in [6.45, 7) is 4.82. The predicted octanol–water partition coefficient (Wildman–Crippen LogP) is 3.80. The average molecular weight is 336 g/mol. The van der Waals surface area contributed by atoms with Crippen molar-refractivity contribution in [3.05, 3.63) is 46.2 Å². The van der Waals surface area contributed by atoms with Crippen molar-refractivity contribution in [3.63, 3.8) is 0 Å². The molecule has 0 saturated heterocycles. The zero-order valence-electron chi connectivity index (χ0n) is 11.6. The van der Waals surface area contributed by atoms with Crippen molar-refractivity contribution >= 4 is 33.2 Å². The van der Waals surface area contributed by atoms with Crippen molar-refractivity contribution in [2.75, 3.05) is 11.1 Å². The number of benzene rings is 1. The van der Waals surface area contributed by atoms with Gasteiger partial charge in [0.05, 0.1) is 5.69 Å². The smallest absolute Gasteiger partial charge is 0.272 e. The lowest BCUT2D eigenvalue weighted by Gasteiger charge is -2.09. The molecule has 0 atom stereocenters. The molecule has 0 radical (unpaired) electrons. The maximum Gasteiger partial charge on any atom is 0.272 e. The third-order valence-corrected chi connectivity index (χ3v) is 3.37. The van der Waals surface area contributed by atoms with Crippen LogP contribution in [0.4, 0.5) is 11.4 Å². The number of nitrogens with two attached hydrogens (primary N) is 1. The number of rotatable bonds is 4. The molecule has 106 valence electrons. The molecule has 1 amide bonds. The van der Waals surface area contributed by atoms with Crippen molar-refractivity contribution in [2.24, 2.45) is 0 Å². The van der Waals surface area contributed by atoms with Crippen LogP contribution in [0.25, 0.3) is 0 Å². The molecule has 0 fully saturated rings. The number of nitrogens with one attached hydrogen (secondary N) is 1. The maximum atomic E-state index is 12.3. The number of hydrogen-bond acceptors (Lipinski definition) is 2. The third kappa shape index (κ3) is 3.42. The van der Waals surface area contributed by atoms with Gasteiger partial charge in [0.25, 0.3) is 5.91 Å². The zero-order chi connectivity index (χ0) is 14.7. The normalized spacial score (nSPS) is 10.6. The van der Waals surface area contributed by atoms with Gasteiger partial charge in [-0.2, -0.15) is 0 Å². The molecular weight excluding hydrogens is 318 g/mol. The number of aromatic nitrogens is 1. The van der Waals surface area contributed by atoms with Crippen LogP contribution in [0, 0.1) is 6.92 Å². The van der Waals surface area contributed by atoms with Crippen molar-refractivity contribution < 1.29 is 4.79 Å². The number of anilines is 2. The topological polar surface area (TPSA) is 60.0 Å². The molecule has 0 spiro atoms. The lowest BCUT2D eigenvalue weighted by molar-refractivity contribution is 0.101. The van der Waals surface area contributed by atoms with Gasteiger partial charge in [-0.25, -0.2) is 0 Å². The Bertz CT molecular complexity index is 614. The summed E-state index contributed by atoms with van der Waals surface area (Å²) in [5.74, 6) is -0.146. The number of carbonyl (C=O) groups excluding carboxylic acids is 1. The lowest BCUT2D eigenvalue weighted by atomic mass is 10.2. The molecule has 3 N–H and O–H groups in total. The summed E-state index contributed by atoms with van der Waals surface area (Å²) < 4.78 is 2.83. The number of halogens is 1. The molecule has 2 rings (SSSR count). The summed E-state index contributed by atoms with van der Waals surface area (Å²) in [4.78, 5) is 12.3. The minimum absolute atomic E-state index is 0.146. The van der Waals surface area contributed by atoms with Gasteiger partial charge in [-0.15, -0.1) is 0 Å². The van der Waals surface area contributed by atoms with Gasteiger partial charge in [-0.1, -0.05) is 22.9 Å². The van der Waals surface area contributed by atoms with Crippen LogP contribution in [0.5, 0.6) is 0 Å². The average Bonchev–Trinajstić information content (AvgIpc) is 2.69. The highest BCUT2D eigenvalue weighted by atomic mass is 79.9. The van der Waals surface area contributed by atoms with Crippen molar-refractivity contribution in [1.82, 2.24) is 4.57 Å². The lowest BCUT2D eigenvalue weighted by Crippen LogP contribution is -2.16. The predicted molar refractivity (Wildman–Crippen MR) is 86.0 cm³/mol. The molecule has 0 bridgehead atoms.